The van der Waals surface area contributed by atoms with E-state index in [4.69, 9.17) is 9.47 Å². The van der Waals surface area contributed by atoms with E-state index in [1.165, 1.54) is 26.5 Å². The van der Waals surface area contributed by atoms with Crippen LogP contribution in [0, 0.1) is 0 Å². The number of nitrogens with one attached hydrogen (secondary N) is 3. The van der Waals surface area contributed by atoms with Crippen molar-refractivity contribution in [1.29, 1.82) is 0 Å². The Kier molecular flexibility index (Phi) is 7.74. The number of para-hydroxylation sites is 2. The molecule has 0 aromatic heterocycles. The summed E-state index contributed by atoms with van der Waals surface area (Å²) in [6, 6.07) is 20.3. The molecular weight excluding hydrogens is 424 g/mol. The van der Waals surface area contributed by atoms with E-state index in [0.717, 1.165) is 0 Å². The minimum absolute atomic E-state index is 0.190. The fourth-order valence-corrected chi connectivity index (χ4v) is 2.84. The molecule has 0 saturated carbocycles. The molecule has 0 aliphatic rings. The summed E-state index contributed by atoms with van der Waals surface area (Å²) in [5.74, 6) is -1.35. The highest BCUT2D eigenvalue weighted by atomic mass is 16.5. The van der Waals surface area contributed by atoms with E-state index in [1.807, 2.05) is 6.07 Å². The first kappa shape index (κ1) is 23.0. The Morgan fingerprint density at radius 1 is 0.788 bits per heavy atom. The van der Waals surface area contributed by atoms with E-state index in [1.54, 1.807) is 60.7 Å². The predicted octanol–water partition coefficient (Wildman–Crippen LogP) is 3.04. The first-order valence-electron chi connectivity index (χ1n) is 9.83. The van der Waals surface area contributed by atoms with Gasteiger partial charge in [-0.25, -0.2) is 5.43 Å². The number of hydrazone groups is 1. The first-order chi connectivity index (χ1) is 16.0. The van der Waals surface area contributed by atoms with Crippen LogP contribution in [0.1, 0.15) is 15.9 Å². The summed E-state index contributed by atoms with van der Waals surface area (Å²) in [4.78, 5) is 37.1. The zero-order valence-electron chi connectivity index (χ0n) is 18.0. The average molecular weight is 446 g/mol. The molecule has 0 saturated heterocycles. The second-order valence-corrected chi connectivity index (χ2v) is 6.63. The number of ether oxygens (including phenoxy) is 2. The first-order valence-corrected chi connectivity index (χ1v) is 9.83. The van der Waals surface area contributed by atoms with Gasteiger partial charge in [0, 0.05) is 5.69 Å². The van der Waals surface area contributed by atoms with Gasteiger partial charge in [-0.05, 0) is 48.0 Å². The highest BCUT2D eigenvalue weighted by Crippen LogP contribution is 2.26. The molecule has 3 N–H and O–H groups in total. The fourth-order valence-electron chi connectivity index (χ4n) is 2.84. The molecule has 0 unspecified atom stereocenters. The van der Waals surface area contributed by atoms with Gasteiger partial charge in [-0.2, -0.15) is 5.10 Å². The molecule has 0 fully saturated rings. The van der Waals surface area contributed by atoms with Crippen LogP contribution in [0.5, 0.6) is 11.5 Å². The minimum Gasteiger partial charge on any atom is -0.493 e. The summed E-state index contributed by atoms with van der Waals surface area (Å²) in [6.07, 6.45) is 1.36. The molecule has 3 aromatic carbocycles. The summed E-state index contributed by atoms with van der Waals surface area (Å²) in [7, 11) is 3.02. The van der Waals surface area contributed by atoms with Gasteiger partial charge in [0.15, 0.2) is 11.5 Å². The second kappa shape index (κ2) is 11.1. The number of benzene rings is 3. The molecule has 0 aliphatic carbocycles. The van der Waals surface area contributed by atoms with Crippen LogP contribution in [-0.4, -0.2) is 38.2 Å². The van der Waals surface area contributed by atoms with Crippen molar-refractivity contribution in [2.24, 2.45) is 5.10 Å². The summed E-state index contributed by atoms with van der Waals surface area (Å²) >= 11 is 0. The molecule has 3 amide bonds. The Labute approximate surface area is 190 Å². The molecule has 3 aromatic rings. The van der Waals surface area contributed by atoms with Gasteiger partial charge in [0.25, 0.3) is 5.91 Å². The molecule has 33 heavy (non-hydrogen) atoms. The zero-order valence-corrected chi connectivity index (χ0v) is 18.0. The number of methoxy groups -OCH3 is 2. The van der Waals surface area contributed by atoms with Crippen molar-refractivity contribution in [3.8, 4) is 11.5 Å². The van der Waals surface area contributed by atoms with Crippen molar-refractivity contribution in [2.75, 3.05) is 24.9 Å². The molecule has 9 nitrogen and oxygen atoms in total. The smallest absolute Gasteiger partial charge is 0.329 e. The van der Waals surface area contributed by atoms with Crippen molar-refractivity contribution in [1.82, 2.24) is 5.43 Å². The third-order valence-electron chi connectivity index (χ3n) is 4.45. The van der Waals surface area contributed by atoms with Gasteiger partial charge in [-0.1, -0.05) is 30.3 Å². The predicted molar refractivity (Wildman–Crippen MR) is 125 cm³/mol. The molecule has 0 aliphatic heterocycles. The number of carbonyl (C=O) groups is 3. The second-order valence-electron chi connectivity index (χ2n) is 6.63. The topological polar surface area (TPSA) is 118 Å². The van der Waals surface area contributed by atoms with Gasteiger partial charge < -0.3 is 20.1 Å². The van der Waals surface area contributed by atoms with Crippen LogP contribution in [-0.2, 0) is 9.59 Å². The standard InChI is InChI=1S/C24H22N4O5/c1-32-20-13-12-16(14-21(20)33-2)15-25-28-24(31)23(30)27-19-11-7-6-10-18(19)22(29)26-17-8-4-3-5-9-17/h3-15H,1-2H3,(H,26,29)(H,27,30)(H,28,31)/b25-15-. The van der Waals surface area contributed by atoms with Crippen LogP contribution < -0.4 is 25.5 Å². The fraction of sp³-hybridized carbons (Fsp3) is 0.0833. The number of carbonyl (C=O) groups excluding carboxylic acids is 3. The van der Waals surface area contributed by atoms with Gasteiger partial charge in [-0.3, -0.25) is 14.4 Å². The number of hydrogen-bond acceptors (Lipinski definition) is 6. The molecule has 3 rings (SSSR count). The molecule has 0 spiro atoms. The number of rotatable bonds is 7. The molecule has 9 heteroatoms. The third kappa shape index (κ3) is 6.17. The maximum atomic E-state index is 12.6. The Morgan fingerprint density at radius 2 is 1.48 bits per heavy atom. The molecule has 0 atom stereocenters. The van der Waals surface area contributed by atoms with Crippen LogP contribution >= 0.6 is 0 Å². The lowest BCUT2D eigenvalue weighted by atomic mass is 10.1. The van der Waals surface area contributed by atoms with E-state index in [0.29, 0.717) is 22.7 Å². The molecule has 0 heterocycles. The third-order valence-corrected chi connectivity index (χ3v) is 4.45. The monoisotopic (exact) mass is 446 g/mol. The lowest BCUT2D eigenvalue weighted by Gasteiger charge is -2.11. The Hall–Kier alpha value is -4.66. The van der Waals surface area contributed by atoms with Gasteiger partial charge in [-0.15, -0.1) is 0 Å². The van der Waals surface area contributed by atoms with E-state index < -0.39 is 17.7 Å². The SMILES string of the molecule is COc1ccc(/C=N\NC(=O)C(=O)Nc2ccccc2C(=O)Nc2ccccc2)cc1OC. The molecular formula is C24H22N4O5. The maximum Gasteiger partial charge on any atom is 0.329 e. The number of anilines is 2. The maximum absolute atomic E-state index is 12.6. The average Bonchev–Trinajstić information content (AvgIpc) is 2.84. The van der Waals surface area contributed by atoms with E-state index in [2.05, 4.69) is 21.2 Å². The summed E-state index contributed by atoms with van der Waals surface area (Å²) in [5, 5.41) is 8.96. The largest absolute Gasteiger partial charge is 0.493 e. The van der Waals surface area contributed by atoms with Gasteiger partial charge in [0.05, 0.1) is 31.7 Å². The van der Waals surface area contributed by atoms with Crippen LogP contribution in [0.3, 0.4) is 0 Å². The Bertz CT molecular complexity index is 1180. The summed E-state index contributed by atoms with van der Waals surface area (Å²) < 4.78 is 10.4. The Balaban J connectivity index is 1.63. The van der Waals surface area contributed by atoms with Crippen molar-refractivity contribution in [3.63, 3.8) is 0 Å². The lowest BCUT2D eigenvalue weighted by molar-refractivity contribution is -0.136. The van der Waals surface area contributed by atoms with Crippen molar-refractivity contribution in [3.05, 3.63) is 83.9 Å². The van der Waals surface area contributed by atoms with Crippen LogP contribution in [0.25, 0.3) is 0 Å². The lowest BCUT2D eigenvalue weighted by Crippen LogP contribution is -2.33. The van der Waals surface area contributed by atoms with Crippen LogP contribution in [0.2, 0.25) is 0 Å². The van der Waals surface area contributed by atoms with E-state index in [-0.39, 0.29) is 11.3 Å². The van der Waals surface area contributed by atoms with E-state index in [9.17, 15) is 14.4 Å². The van der Waals surface area contributed by atoms with Gasteiger partial charge >= 0.3 is 11.8 Å². The highest BCUT2D eigenvalue weighted by Gasteiger charge is 2.17. The summed E-state index contributed by atoms with van der Waals surface area (Å²) in [5.41, 5.74) is 3.77. The molecule has 0 bridgehead atoms. The number of nitrogens with zero attached hydrogens (tertiary/aromatic N) is 1. The number of hydrogen-bond donors (Lipinski definition) is 3. The zero-order chi connectivity index (χ0) is 23.6. The summed E-state index contributed by atoms with van der Waals surface area (Å²) in [6.45, 7) is 0. The molecule has 168 valence electrons. The van der Waals surface area contributed by atoms with Crippen molar-refractivity contribution >= 4 is 35.3 Å². The number of amides is 3. The van der Waals surface area contributed by atoms with Gasteiger partial charge in [0.2, 0.25) is 0 Å². The van der Waals surface area contributed by atoms with Crippen LogP contribution in [0.4, 0.5) is 11.4 Å². The quantitative estimate of drug-likeness (QED) is 0.293. The van der Waals surface area contributed by atoms with Gasteiger partial charge in [0.1, 0.15) is 0 Å². The van der Waals surface area contributed by atoms with Crippen molar-refractivity contribution in [2.45, 2.75) is 0 Å². The van der Waals surface area contributed by atoms with Crippen molar-refractivity contribution < 1.29 is 23.9 Å². The normalized spacial score (nSPS) is 10.4. The minimum atomic E-state index is -0.995. The highest BCUT2D eigenvalue weighted by molar-refractivity contribution is 6.40. The molecule has 0 radical (unpaired) electrons. The van der Waals surface area contributed by atoms with E-state index >= 15 is 0 Å². The Morgan fingerprint density at radius 3 is 2.21 bits per heavy atom. The van der Waals surface area contributed by atoms with Crippen LogP contribution in [0.15, 0.2) is 77.9 Å².